The highest BCUT2D eigenvalue weighted by atomic mass is 19.4. The van der Waals surface area contributed by atoms with E-state index in [0.29, 0.717) is 18.2 Å². The number of imidazole rings is 1. The smallest absolute Gasteiger partial charge is 0.338 e. The van der Waals surface area contributed by atoms with Gasteiger partial charge in [0.25, 0.3) is 0 Å². The highest BCUT2D eigenvalue weighted by molar-refractivity contribution is 5.80. The third-order valence-electron chi connectivity index (χ3n) is 3.01. The molecule has 0 bridgehead atoms. The first kappa shape index (κ1) is 13.5. The summed E-state index contributed by atoms with van der Waals surface area (Å²) < 4.78 is 65.3. The molecule has 0 saturated heterocycles. The Labute approximate surface area is 115 Å². The molecule has 0 amide bonds. The summed E-state index contributed by atoms with van der Waals surface area (Å²) in [5.74, 6) is -1.66. The normalized spacial score (nSPS) is 12.0. The summed E-state index contributed by atoms with van der Waals surface area (Å²) in [4.78, 5) is 6.44. The molecule has 108 valence electrons. The number of hydrogen-bond acceptors (Lipinski definition) is 1. The molecule has 0 fully saturated rings. The molecule has 0 aliphatic heterocycles. The summed E-state index contributed by atoms with van der Waals surface area (Å²) in [5.41, 5.74) is -1.13. The number of nitrogens with zero attached hydrogens (tertiary/aromatic N) is 1. The van der Waals surface area contributed by atoms with E-state index in [0.717, 1.165) is 6.07 Å². The Balaban J connectivity index is 2.20. The van der Waals surface area contributed by atoms with E-state index >= 15 is 0 Å². The number of hydrogen-bond donors (Lipinski definition) is 1. The minimum absolute atomic E-state index is 0.0516. The predicted molar refractivity (Wildman–Crippen MR) is 66.4 cm³/mol. The lowest BCUT2D eigenvalue weighted by molar-refractivity contribution is -0.137. The van der Waals surface area contributed by atoms with Gasteiger partial charge in [0.05, 0.1) is 16.6 Å². The fraction of sp³-hybridized carbons (Fsp3) is 0.0714. The molecule has 1 heterocycles. The highest BCUT2D eigenvalue weighted by Gasteiger charge is 2.31. The molecule has 2 nitrogen and oxygen atoms in total. The molecule has 2 aromatic carbocycles. The van der Waals surface area contributed by atoms with Crippen molar-refractivity contribution < 1.29 is 22.0 Å². The molecule has 21 heavy (non-hydrogen) atoms. The van der Waals surface area contributed by atoms with E-state index < -0.39 is 23.4 Å². The largest absolute Gasteiger partial charge is 0.416 e. The van der Waals surface area contributed by atoms with Gasteiger partial charge in [0.2, 0.25) is 0 Å². The molecule has 0 spiro atoms. The second-order valence-corrected chi connectivity index (χ2v) is 4.41. The standard InChI is InChI=1S/C14H7F5N2/c15-9-5-4-7(14(17,18)19)6-8(9)13-20-11-3-1-2-10(16)12(11)21-13/h1-6H,(H,20,21). The molecule has 0 aliphatic carbocycles. The van der Waals surface area contributed by atoms with Crippen LogP contribution in [0.25, 0.3) is 22.4 Å². The van der Waals surface area contributed by atoms with Crippen molar-refractivity contribution >= 4 is 11.0 Å². The van der Waals surface area contributed by atoms with Gasteiger partial charge in [0.1, 0.15) is 17.2 Å². The number of para-hydroxylation sites is 1. The van der Waals surface area contributed by atoms with Crippen molar-refractivity contribution in [2.45, 2.75) is 6.18 Å². The van der Waals surface area contributed by atoms with Crippen LogP contribution in [-0.2, 0) is 6.18 Å². The van der Waals surface area contributed by atoms with Crippen LogP contribution in [-0.4, -0.2) is 9.97 Å². The Hall–Kier alpha value is -2.44. The fourth-order valence-electron chi connectivity index (χ4n) is 2.01. The van der Waals surface area contributed by atoms with Gasteiger partial charge in [-0.05, 0) is 30.3 Å². The molecule has 7 heteroatoms. The van der Waals surface area contributed by atoms with Crippen LogP contribution < -0.4 is 0 Å². The van der Waals surface area contributed by atoms with Gasteiger partial charge in [-0.2, -0.15) is 13.2 Å². The molecule has 0 unspecified atom stereocenters. The lowest BCUT2D eigenvalue weighted by atomic mass is 10.1. The van der Waals surface area contributed by atoms with E-state index in [1.165, 1.54) is 12.1 Å². The quantitative estimate of drug-likeness (QED) is 0.657. The molecule has 1 N–H and O–H groups in total. The Morgan fingerprint density at radius 2 is 1.71 bits per heavy atom. The zero-order valence-electron chi connectivity index (χ0n) is 10.3. The van der Waals surface area contributed by atoms with Crippen molar-refractivity contribution in [3.05, 3.63) is 53.6 Å². The van der Waals surface area contributed by atoms with Crippen LogP contribution in [0, 0.1) is 11.6 Å². The Bertz CT molecular complexity index is 820. The summed E-state index contributed by atoms with van der Waals surface area (Å²) in [6, 6.07) is 6.08. The van der Waals surface area contributed by atoms with Gasteiger partial charge >= 0.3 is 6.18 Å². The van der Waals surface area contributed by atoms with Gasteiger partial charge in [-0.25, -0.2) is 13.8 Å². The number of aromatic amines is 1. The maximum Gasteiger partial charge on any atom is 0.416 e. The fourth-order valence-corrected chi connectivity index (χ4v) is 2.01. The van der Waals surface area contributed by atoms with E-state index in [-0.39, 0.29) is 22.4 Å². The zero-order valence-corrected chi connectivity index (χ0v) is 10.3. The van der Waals surface area contributed by atoms with E-state index in [4.69, 9.17) is 0 Å². The second kappa shape index (κ2) is 4.54. The van der Waals surface area contributed by atoms with Gasteiger partial charge < -0.3 is 4.98 Å². The third-order valence-corrected chi connectivity index (χ3v) is 3.01. The van der Waals surface area contributed by atoms with Crippen molar-refractivity contribution in [1.82, 2.24) is 9.97 Å². The van der Waals surface area contributed by atoms with Crippen LogP contribution in [0.3, 0.4) is 0 Å². The van der Waals surface area contributed by atoms with Crippen LogP contribution in [0.2, 0.25) is 0 Å². The first-order valence-corrected chi connectivity index (χ1v) is 5.87. The van der Waals surface area contributed by atoms with Crippen LogP contribution in [0.4, 0.5) is 22.0 Å². The second-order valence-electron chi connectivity index (χ2n) is 4.41. The number of aromatic nitrogens is 2. The van der Waals surface area contributed by atoms with Crippen LogP contribution in [0.5, 0.6) is 0 Å². The van der Waals surface area contributed by atoms with Crippen molar-refractivity contribution in [2.24, 2.45) is 0 Å². The van der Waals surface area contributed by atoms with Crippen LogP contribution in [0.1, 0.15) is 5.56 Å². The van der Waals surface area contributed by atoms with E-state index in [9.17, 15) is 22.0 Å². The third kappa shape index (κ3) is 2.35. The van der Waals surface area contributed by atoms with Crippen molar-refractivity contribution in [3.8, 4) is 11.4 Å². The van der Waals surface area contributed by atoms with Crippen LogP contribution in [0.15, 0.2) is 36.4 Å². The number of alkyl halides is 3. The first-order valence-electron chi connectivity index (χ1n) is 5.87. The Kier molecular flexibility index (Phi) is 2.93. The molecule has 0 aliphatic rings. The lowest BCUT2D eigenvalue weighted by Crippen LogP contribution is -2.05. The minimum atomic E-state index is -4.60. The average molecular weight is 298 g/mol. The summed E-state index contributed by atoms with van der Waals surface area (Å²) >= 11 is 0. The van der Waals surface area contributed by atoms with Gasteiger partial charge in [-0.1, -0.05) is 6.07 Å². The van der Waals surface area contributed by atoms with Gasteiger partial charge in [0.15, 0.2) is 5.82 Å². The summed E-state index contributed by atoms with van der Waals surface area (Å²) in [7, 11) is 0. The topological polar surface area (TPSA) is 28.7 Å². The number of halogens is 5. The molecule has 0 saturated carbocycles. The average Bonchev–Trinajstić information content (AvgIpc) is 2.83. The summed E-state index contributed by atoms with van der Waals surface area (Å²) in [6.07, 6.45) is -4.60. The SMILES string of the molecule is Fc1ccc(C(F)(F)F)cc1-c1nc2c(F)cccc2[nH]1. The van der Waals surface area contributed by atoms with Gasteiger partial charge in [0, 0.05) is 0 Å². The van der Waals surface area contributed by atoms with E-state index in [2.05, 4.69) is 9.97 Å². The van der Waals surface area contributed by atoms with E-state index in [1.54, 1.807) is 0 Å². The van der Waals surface area contributed by atoms with Crippen molar-refractivity contribution in [2.75, 3.05) is 0 Å². The van der Waals surface area contributed by atoms with Crippen molar-refractivity contribution in [1.29, 1.82) is 0 Å². The maximum atomic E-state index is 13.8. The number of benzene rings is 2. The maximum absolute atomic E-state index is 13.8. The Morgan fingerprint density at radius 3 is 2.38 bits per heavy atom. The molecular formula is C14H7F5N2. The number of rotatable bonds is 1. The minimum Gasteiger partial charge on any atom is -0.338 e. The van der Waals surface area contributed by atoms with Crippen molar-refractivity contribution in [3.63, 3.8) is 0 Å². The van der Waals surface area contributed by atoms with Gasteiger partial charge in [-0.3, -0.25) is 0 Å². The highest BCUT2D eigenvalue weighted by Crippen LogP contribution is 2.33. The monoisotopic (exact) mass is 298 g/mol. The molecule has 0 atom stereocenters. The number of nitrogens with one attached hydrogen (secondary N) is 1. The predicted octanol–water partition coefficient (Wildman–Crippen LogP) is 4.53. The molecule has 0 radical (unpaired) electrons. The molecular weight excluding hydrogens is 291 g/mol. The summed E-state index contributed by atoms with van der Waals surface area (Å²) in [6.45, 7) is 0. The zero-order chi connectivity index (χ0) is 15.2. The van der Waals surface area contributed by atoms with Gasteiger partial charge in [-0.15, -0.1) is 0 Å². The Morgan fingerprint density at radius 1 is 0.952 bits per heavy atom. The van der Waals surface area contributed by atoms with E-state index in [1.807, 2.05) is 0 Å². The number of H-pyrrole nitrogens is 1. The first-order chi connectivity index (χ1) is 9.86. The molecule has 1 aromatic heterocycles. The molecule has 3 aromatic rings. The van der Waals surface area contributed by atoms with Crippen LogP contribution >= 0.6 is 0 Å². The number of fused-ring (bicyclic) bond motifs is 1. The lowest BCUT2D eigenvalue weighted by Gasteiger charge is -2.08. The summed E-state index contributed by atoms with van der Waals surface area (Å²) in [5, 5.41) is 0. The molecule has 3 rings (SSSR count).